The van der Waals surface area contributed by atoms with Gasteiger partial charge in [0.2, 0.25) is 0 Å². The van der Waals surface area contributed by atoms with Crippen molar-refractivity contribution in [2.45, 2.75) is 89.9 Å². The number of halogens is 1. The molecule has 0 saturated heterocycles. The van der Waals surface area contributed by atoms with Crippen molar-refractivity contribution in [2.24, 2.45) is 17.8 Å². The van der Waals surface area contributed by atoms with Crippen LogP contribution in [0.3, 0.4) is 0 Å². The van der Waals surface area contributed by atoms with Crippen LogP contribution in [-0.4, -0.2) is 0 Å². The van der Waals surface area contributed by atoms with Crippen LogP contribution >= 0.6 is 0 Å². The molecule has 28 heavy (non-hydrogen) atoms. The quantitative estimate of drug-likeness (QED) is 0.470. The molecule has 0 N–H and O–H groups in total. The first-order chi connectivity index (χ1) is 13.7. The highest BCUT2D eigenvalue weighted by Gasteiger charge is 2.25. The molecule has 0 spiro atoms. The van der Waals surface area contributed by atoms with Crippen LogP contribution in [0.25, 0.3) is 10.8 Å². The van der Waals surface area contributed by atoms with Crippen molar-refractivity contribution in [3.8, 4) is 0 Å². The van der Waals surface area contributed by atoms with Crippen LogP contribution in [-0.2, 0) is 0 Å². The van der Waals surface area contributed by atoms with E-state index >= 15 is 0 Å². The molecule has 0 amide bonds. The molecule has 0 radical (unpaired) electrons. The summed E-state index contributed by atoms with van der Waals surface area (Å²) in [5, 5.41) is 2.20. The summed E-state index contributed by atoms with van der Waals surface area (Å²) in [4.78, 5) is 0. The van der Waals surface area contributed by atoms with E-state index in [9.17, 15) is 4.39 Å². The Morgan fingerprint density at radius 3 is 1.86 bits per heavy atom. The third kappa shape index (κ3) is 4.97. The van der Waals surface area contributed by atoms with Crippen molar-refractivity contribution in [3.05, 3.63) is 47.8 Å². The standard InChI is InChI=1S/C27H37F/c1-2-3-20-4-6-21(7-5-20)8-9-22-10-12-23(13-11-22)24-14-15-26-19-27(28)17-16-25(26)18-24/h14-23H,2-13H2,1H3. The first kappa shape index (κ1) is 19.9. The van der Waals surface area contributed by atoms with Gasteiger partial charge in [0, 0.05) is 0 Å². The first-order valence-electron chi connectivity index (χ1n) is 11.9. The van der Waals surface area contributed by atoms with E-state index in [0.29, 0.717) is 5.92 Å². The Bertz CT molecular complexity index is 748. The van der Waals surface area contributed by atoms with Gasteiger partial charge in [-0.05, 0) is 77.8 Å². The van der Waals surface area contributed by atoms with E-state index in [-0.39, 0.29) is 5.82 Å². The molecule has 2 aromatic carbocycles. The van der Waals surface area contributed by atoms with Gasteiger partial charge in [-0.3, -0.25) is 0 Å². The van der Waals surface area contributed by atoms with Crippen LogP contribution in [0.5, 0.6) is 0 Å². The average Bonchev–Trinajstić information content (AvgIpc) is 2.73. The van der Waals surface area contributed by atoms with Crippen LogP contribution in [0.4, 0.5) is 4.39 Å². The Kier molecular flexibility index (Phi) is 6.70. The second kappa shape index (κ2) is 9.42. The van der Waals surface area contributed by atoms with Crippen LogP contribution in [0.15, 0.2) is 36.4 Å². The molecule has 0 bridgehead atoms. The zero-order valence-corrected chi connectivity index (χ0v) is 17.6. The van der Waals surface area contributed by atoms with Gasteiger partial charge in [-0.2, -0.15) is 0 Å². The number of benzene rings is 2. The smallest absolute Gasteiger partial charge is 0.123 e. The maximum atomic E-state index is 13.4. The summed E-state index contributed by atoms with van der Waals surface area (Å²) in [5.41, 5.74) is 1.46. The molecule has 152 valence electrons. The van der Waals surface area contributed by atoms with Crippen molar-refractivity contribution in [2.75, 3.05) is 0 Å². The van der Waals surface area contributed by atoms with Gasteiger partial charge in [-0.25, -0.2) is 4.39 Å². The van der Waals surface area contributed by atoms with E-state index in [1.165, 1.54) is 88.0 Å². The summed E-state index contributed by atoms with van der Waals surface area (Å²) in [6.07, 6.45) is 17.2. The molecule has 0 heterocycles. The Labute approximate surface area is 170 Å². The Morgan fingerprint density at radius 1 is 0.679 bits per heavy atom. The molecule has 0 aliphatic heterocycles. The summed E-state index contributed by atoms with van der Waals surface area (Å²) in [5.74, 6) is 3.58. The van der Waals surface area contributed by atoms with Gasteiger partial charge in [0.1, 0.15) is 5.82 Å². The Hall–Kier alpha value is -1.37. The van der Waals surface area contributed by atoms with E-state index in [1.54, 1.807) is 12.1 Å². The maximum Gasteiger partial charge on any atom is 0.123 e. The summed E-state index contributed by atoms with van der Waals surface area (Å²) in [6, 6.07) is 11.8. The average molecular weight is 381 g/mol. The third-order valence-electron chi connectivity index (χ3n) is 7.79. The van der Waals surface area contributed by atoms with Gasteiger partial charge < -0.3 is 0 Å². The summed E-state index contributed by atoms with van der Waals surface area (Å²) < 4.78 is 13.4. The SMILES string of the molecule is CCCC1CCC(CCC2CCC(c3ccc4cc(F)ccc4c3)CC2)CC1. The predicted molar refractivity (Wildman–Crippen MR) is 118 cm³/mol. The molecule has 0 atom stereocenters. The molecule has 0 aromatic heterocycles. The molecule has 2 fully saturated rings. The molecule has 2 aliphatic rings. The van der Waals surface area contributed by atoms with Crippen LogP contribution in [0.2, 0.25) is 0 Å². The Morgan fingerprint density at radius 2 is 1.21 bits per heavy atom. The molecular weight excluding hydrogens is 343 g/mol. The van der Waals surface area contributed by atoms with Gasteiger partial charge in [-0.1, -0.05) is 82.6 Å². The normalized spacial score (nSPS) is 28.5. The fourth-order valence-electron chi connectivity index (χ4n) is 5.96. The topological polar surface area (TPSA) is 0 Å². The lowest BCUT2D eigenvalue weighted by atomic mass is 9.74. The van der Waals surface area contributed by atoms with E-state index in [1.807, 2.05) is 6.07 Å². The van der Waals surface area contributed by atoms with E-state index in [2.05, 4.69) is 25.1 Å². The largest absolute Gasteiger partial charge is 0.207 e. The molecule has 4 rings (SSSR count). The predicted octanol–water partition coefficient (Wildman–Crippen LogP) is 8.64. The fraction of sp³-hybridized carbons (Fsp3) is 0.630. The molecule has 0 nitrogen and oxygen atoms in total. The highest BCUT2D eigenvalue weighted by molar-refractivity contribution is 5.83. The third-order valence-corrected chi connectivity index (χ3v) is 7.79. The number of fused-ring (bicyclic) bond motifs is 1. The lowest BCUT2D eigenvalue weighted by molar-refractivity contribution is 0.224. The minimum atomic E-state index is -0.139. The highest BCUT2D eigenvalue weighted by atomic mass is 19.1. The maximum absolute atomic E-state index is 13.4. The van der Waals surface area contributed by atoms with E-state index in [4.69, 9.17) is 0 Å². The number of rotatable bonds is 6. The highest BCUT2D eigenvalue weighted by Crippen LogP contribution is 2.40. The van der Waals surface area contributed by atoms with E-state index in [0.717, 1.165) is 23.1 Å². The minimum absolute atomic E-state index is 0.139. The second-order valence-corrected chi connectivity index (χ2v) is 9.72. The summed E-state index contributed by atoms with van der Waals surface area (Å²) in [7, 11) is 0. The minimum Gasteiger partial charge on any atom is -0.207 e. The monoisotopic (exact) mass is 380 g/mol. The van der Waals surface area contributed by atoms with E-state index < -0.39 is 0 Å². The lowest BCUT2D eigenvalue weighted by Gasteiger charge is -2.32. The van der Waals surface area contributed by atoms with Crippen molar-refractivity contribution < 1.29 is 4.39 Å². The van der Waals surface area contributed by atoms with Crippen molar-refractivity contribution in [1.29, 1.82) is 0 Å². The molecule has 2 saturated carbocycles. The zero-order chi connectivity index (χ0) is 19.3. The molecule has 0 unspecified atom stereocenters. The van der Waals surface area contributed by atoms with Gasteiger partial charge in [0.15, 0.2) is 0 Å². The Balaban J connectivity index is 1.23. The van der Waals surface area contributed by atoms with Crippen molar-refractivity contribution in [1.82, 2.24) is 0 Å². The van der Waals surface area contributed by atoms with Crippen LogP contribution < -0.4 is 0 Å². The molecule has 2 aromatic rings. The zero-order valence-electron chi connectivity index (χ0n) is 17.6. The number of hydrogen-bond acceptors (Lipinski definition) is 0. The van der Waals surface area contributed by atoms with Gasteiger partial charge >= 0.3 is 0 Å². The second-order valence-electron chi connectivity index (χ2n) is 9.72. The molecule has 1 heteroatoms. The number of hydrogen-bond donors (Lipinski definition) is 0. The first-order valence-corrected chi connectivity index (χ1v) is 11.9. The van der Waals surface area contributed by atoms with Gasteiger partial charge in [0.25, 0.3) is 0 Å². The molecule has 2 aliphatic carbocycles. The van der Waals surface area contributed by atoms with Gasteiger partial charge in [-0.15, -0.1) is 0 Å². The fourth-order valence-corrected chi connectivity index (χ4v) is 5.96. The summed E-state index contributed by atoms with van der Waals surface area (Å²) in [6.45, 7) is 2.33. The van der Waals surface area contributed by atoms with Crippen molar-refractivity contribution >= 4 is 10.8 Å². The summed E-state index contributed by atoms with van der Waals surface area (Å²) >= 11 is 0. The molecular formula is C27H37F. The van der Waals surface area contributed by atoms with Crippen molar-refractivity contribution in [3.63, 3.8) is 0 Å². The van der Waals surface area contributed by atoms with Gasteiger partial charge in [0.05, 0.1) is 0 Å². The van der Waals surface area contributed by atoms with Crippen LogP contribution in [0.1, 0.15) is 95.5 Å². The lowest BCUT2D eigenvalue weighted by Crippen LogP contribution is -2.17. The van der Waals surface area contributed by atoms with Crippen LogP contribution in [0, 0.1) is 23.6 Å².